The van der Waals surface area contributed by atoms with Gasteiger partial charge in [-0.2, -0.15) is 0 Å². The first kappa shape index (κ1) is 16.1. The normalized spacial score (nSPS) is 10.5. The summed E-state index contributed by atoms with van der Waals surface area (Å²) in [5.41, 5.74) is 1.63. The van der Waals surface area contributed by atoms with Gasteiger partial charge in [-0.1, -0.05) is 6.07 Å². The predicted octanol–water partition coefficient (Wildman–Crippen LogP) is 2.33. The highest BCUT2D eigenvalue weighted by Crippen LogP contribution is 2.19. The van der Waals surface area contributed by atoms with Crippen LogP contribution in [-0.4, -0.2) is 27.8 Å². The molecule has 0 saturated carbocycles. The lowest BCUT2D eigenvalue weighted by Gasteiger charge is -2.21. The summed E-state index contributed by atoms with van der Waals surface area (Å²) < 4.78 is 24.7. The van der Waals surface area contributed by atoms with Crippen molar-refractivity contribution >= 4 is 33.8 Å². The molecular weight excluding hydrogens is 260 g/mol. The van der Waals surface area contributed by atoms with Crippen molar-refractivity contribution in [1.82, 2.24) is 0 Å². The number of hydrogen-bond donors (Lipinski definition) is 1. The molecule has 0 atom stereocenters. The van der Waals surface area contributed by atoms with Crippen LogP contribution in [0.2, 0.25) is 0 Å². The van der Waals surface area contributed by atoms with Gasteiger partial charge in [-0.3, -0.25) is 4.72 Å². The molecule has 0 saturated heterocycles. The van der Waals surface area contributed by atoms with E-state index in [0.29, 0.717) is 5.69 Å². The second kappa shape index (κ2) is 6.71. The lowest BCUT2D eigenvalue weighted by atomic mass is 10.2. The summed E-state index contributed by atoms with van der Waals surface area (Å²) in [4.78, 5) is 2.16. The van der Waals surface area contributed by atoms with Crippen LogP contribution < -0.4 is 9.62 Å². The first-order chi connectivity index (χ1) is 7.46. The van der Waals surface area contributed by atoms with Crippen molar-refractivity contribution in [1.29, 1.82) is 0 Å². The maximum absolute atomic E-state index is 11.1. The Balaban J connectivity index is 0.00000256. The van der Waals surface area contributed by atoms with Crippen LogP contribution in [0.5, 0.6) is 0 Å². The first-order valence-corrected chi connectivity index (χ1v) is 7.18. The summed E-state index contributed by atoms with van der Waals surface area (Å²) in [7, 11) is -3.20. The number of benzene rings is 1. The number of hydrogen-bond acceptors (Lipinski definition) is 3. The van der Waals surface area contributed by atoms with Crippen LogP contribution in [0, 0.1) is 0 Å². The lowest BCUT2D eigenvalue weighted by Crippen LogP contribution is -2.21. The summed E-state index contributed by atoms with van der Waals surface area (Å²) in [5.74, 6) is 0. The Morgan fingerprint density at radius 1 is 1.24 bits per heavy atom. The predicted molar refractivity (Wildman–Crippen MR) is 75.7 cm³/mol. The largest absolute Gasteiger partial charge is 0.372 e. The lowest BCUT2D eigenvalue weighted by molar-refractivity contribution is 0.607. The molecule has 0 amide bonds. The van der Waals surface area contributed by atoms with E-state index in [9.17, 15) is 8.42 Å². The average Bonchev–Trinajstić information content (AvgIpc) is 2.17. The van der Waals surface area contributed by atoms with Gasteiger partial charge >= 0.3 is 0 Å². The van der Waals surface area contributed by atoms with Crippen LogP contribution in [0.15, 0.2) is 24.3 Å². The molecule has 0 heterocycles. The fourth-order valence-corrected chi connectivity index (χ4v) is 2.12. The second-order valence-electron chi connectivity index (χ2n) is 3.60. The van der Waals surface area contributed by atoms with Crippen LogP contribution in [0.3, 0.4) is 0 Å². The third kappa shape index (κ3) is 5.28. The molecule has 0 bridgehead atoms. The van der Waals surface area contributed by atoms with Gasteiger partial charge in [0.2, 0.25) is 10.0 Å². The van der Waals surface area contributed by atoms with Crippen LogP contribution in [0.4, 0.5) is 11.4 Å². The minimum absolute atomic E-state index is 0. The molecule has 1 N–H and O–H groups in total. The third-order valence-corrected chi connectivity index (χ3v) is 2.88. The minimum atomic E-state index is -3.20. The maximum Gasteiger partial charge on any atom is 0.229 e. The van der Waals surface area contributed by atoms with Crippen molar-refractivity contribution in [2.75, 3.05) is 29.0 Å². The summed E-state index contributed by atoms with van der Waals surface area (Å²) in [6.07, 6.45) is 1.15. The Hall–Kier alpha value is -0.940. The maximum atomic E-state index is 11.1. The Labute approximate surface area is 109 Å². The monoisotopic (exact) mass is 278 g/mol. The van der Waals surface area contributed by atoms with Gasteiger partial charge in [0, 0.05) is 18.8 Å². The molecule has 0 unspecified atom stereocenters. The highest BCUT2D eigenvalue weighted by Gasteiger charge is 2.05. The number of sulfonamides is 1. The van der Waals surface area contributed by atoms with E-state index < -0.39 is 10.0 Å². The standard InChI is InChI=1S/C11H18N2O2S.ClH/c1-4-13(5-2)11-8-6-7-10(9-11)12-16(3,14)15;/h6-9,12H,4-5H2,1-3H3;1H. The summed E-state index contributed by atoms with van der Waals surface area (Å²) in [6.45, 7) is 5.94. The zero-order valence-electron chi connectivity index (χ0n) is 10.3. The topological polar surface area (TPSA) is 49.4 Å². The molecule has 1 aromatic carbocycles. The van der Waals surface area contributed by atoms with Gasteiger partial charge in [0.25, 0.3) is 0 Å². The molecule has 6 heteroatoms. The van der Waals surface area contributed by atoms with E-state index >= 15 is 0 Å². The molecule has 0 radical (unpaired) electrons. The van der Waals surface area contributed by atoms with Gasteiger partial charge in [0.1, 0.15) is 0 Å². The fraction of sp³-hybridized carbons (Fsp3) is 0.455. The molecule has 0 aliphatic rings. The van der Waals surface area contributed by atoms with Crippen molar-refractivity contribution < 1.29 is 8.42 Å². The van der Waals surface area contributed by atoms with Crippen molar-refractivity contribution in [2.24, 2.45) is 0 Å². The summed E-state index contributed by atoms with van der Waals surface area (Å²) in [5, 5.41) is 0. The molecule has 0 spiro atoms. The fourth-order valence-electron chi connectivity index (χ4n) is 1.57. The number of halogens is 1. The Morgan fingerprint density at radius 2 is 1.82 bits per heavy atom. The first-order valence-electron chi connectivity index (χ1n) is 5.29. The van der Waals surface area contributed by atoms with Crippen LogP contribution >= 0.6 is 12.4 Å². The van der Waals surface area contributed by atoms with Crippen molar-refractivity contribution in [3.8, 4) is 0 Å². The van der Waals surface area contributed by atoms with Crippen LogP contribution in [0.1, 0.15) is 13.8 Å². The molecule has 98 valence electrons. The van der Waals surface area contributed by atoms with Crippen LogP contribution in [0.25, 0.3) is 0 Å². The van der Waals surface area contributed by atoms with Crippen LogP contribution in [-0.2, 0) is 10.0 Å². The quantitative estimate of drug-likeness (QED) is 0.899. The van der Waals surface area contributed by atoms with Gasteiger partial charge in [0.15, 0.2) is 0 Å². The van der Waals surface area contributed by atoms with Gasteiger partial charge in [-0.25, -0.2) is 8.42 Å². The smallest absolute Gasteiger partial charge is 0.229 e. The summed E-state index contributed by atoms with van der Waals surface area (Å²) >= 11 is 0. The van der Waals surface area contributed by atoms with E-state index in [1.807, 2.05) is 18.2 Å². The van der Waals surface area contributed by atoms with Gasteiger partial charge in [0.05, 0.1) is 11.9 Å². The third-order valence-electron chi connectivity index (χ3n) is 2.28. The van der Waals surface area contributed by atoms with Crippen molar-refractivity contribution in [3.05, 3.63) is 24.3 Å². The molecule has 1 aromatic rings. The number of anilines is 2. The van der Waals surface area contributed by atoms with Gasteiger partial charge < -0.3 is 4.90 Å². The SMILES string of the molecule is CCN(CC)c1cccc(NS(C)(=O)=O)c1.Cl. The molecule has 0 aromatic heterocycles. The van der Waals surface area contributed by atoms with E-state index in [-0.39, 0.29) is 12.4 Å². The van der Waals surface area contributed by atoms with E-state index in [0.717, 1.165) is 25.0 Å². The van der Waals surface area contributed by atoms with Crippen molar-refractivity contribution in [3.63, 3.8) is 0 Å². The molecule has 0 aliphatic heterocycles. The second-order valence-corrected chi connectivity index (χ2v) is 5.35. The Bertz CT molecular complexity index is 445. The van der Waals surface area contributed by atoms with E-state index in [1.54, 1.807) is 6.07 Å². The van der Waals surface area contributed by atoms with E-state index in [2.05, 4.69) is 23.5 Å². The zero-order chi connectivity index (χ0) is 12.2. The van der Waals surface area contributed by atoms with Gasteiger partial charge in [-0.05, 0) is 32.0 Å². The minimum Gasteiger partial charge on any atom is -0.372 e. The average molecular weight is 279 g/mol. The molecule has 1 rings (SSSR count). The highest BCUT2D eigenvalue weighted by molar-refractivity contribution is 7.92. The molecule has 4 nitrogen and oxygen atoms in total. The van der Waals surface area contributed by atoms with Gasteiger partial charge in [-0.15, -0.1) is 12.4 Å². The molecular formula is C11H19ClN2O2S. The highest BCUT2D eigenvalue weighted by atomic mass is 35.5. The summed E-state index contributed by atoms with van der Waals surface area (Å²) in [6, 6.07) is 7.41. The van der Waals surface area contributed by atoms with E-state index in [1.165, 1.54) is 0 Å². The van der Waals surface area contributed by atoms with E-state index in [4.69, 9.17) is 0 Å². The number of nitrogens with zero attached hydrogens (tertiary/aromatic N) is 1. The molecule has 0 fully saturated rings. The molecule has 0 aliphatic carbocycles. The molecule has 17 heavy (non-hydrogen) atoms. The number of nitrogens with one attached hydrogen (secondary N) is 1. The van der Waals surface area contributed by atoms with Crippen molar-refractivity contribution in [2.45, 2.75) is 13.8 Å². The number of rotatable bonds is 5. The Morgan fingerprint density at radius 3 is 2.29 bits per heavy atom. The Kier molecular flexibility index (Phi) is 6.34. The zero-order valence-corrected chi connectivity index (χ0v) is 11.9.